The van der Waals surface area contributed by atoms with Crippen LogP contribution in [0.1, 0.15) is 35.7 Å². The SMILES string of the molecule is CC(C)c1ccc(NC(=S)NNC(=O)c2cc(-c3ccncc3)nc3ccccc23)cc1. The van der Waals surface area contributed by atoms with E-state index in [-0.39, 0.29) is 5.91 Å². The molecule has 0 unspecified atom stereocenters. The normalized spacial score (nSPS) is 10.7. The van der Waals surface area contributed by atoms with E-state index in [1.54, 1.807) is 18.5 Å². The molecule has 0 aliphatic rings. The van der Waals surface area contributed by atoms with Gasteiger partial charge in [0.15, 0.2) is 5.11 Å². The average Bonchev–Trinajstić information content (AvgIpc) is 2.82. The Bertz CT molecular complexity index is 1260. The molecule has 0 fully saturated rings. The van der Waals surface area contributed by atoms with Crippen molar-refractivity contribution in [3.05, 3.63) is 90.3 Å². The predicted molar refractivity (Wildman–Crippen MR) is 132 cm³/mol. The van der Waals surface area contributed by atoms with E-state index in [1.807, 2.05) is 48.5 Å². The molecule has 4 rings (SSSR count). The van der Waals surface area contributed by atoms with E-state index in [2.05, 4.69) is 47.1 Å². The summed E-state index contributed by atoms with van der Waals surface area (Å²) in [6.45, 7) is 4.29. The molecule has 6 nitrogen and oxygen atoms in total. The van der Waals surface area contributed by atoms with Crippen molar-refractivity contribution in [1.29, 1.82) is 0 Å². The molecular weight excluding hydrogens is 418 g/mol. The first-order valence-electron chi connectivity index (χ1n) is 10.3. The third kappa shape index (κ3) is 4.90. The standard InChI is InChI=1S/C25H23N5OS/c1-16(2)17-7-9-19(10-8-17)27-25(32)30-29-24(31)21-15-23(18-11-13-26-14-12-18)28-22-6-4-3-5-20(21)22/h3-16H,1-2H3,(H,29,31)(H2,27,30,32). The smallest absolute Gasteiger partial charge is 0.270 e. The number of carbonyl (C=O) groups is 1. The molecule has 0 bridgehead atoms. The molecule has 3 N–H and O–H groups in total. The van der Waals surface area contributed by atoms with Crippen LogP contribution in [-0.4, -0.2) is 21.0 Å². The number of hydrazine groups is 1. The van der Waals surface area contributed by atoms with E-state index in [0.29, 0.717) is 22.3 Å². The van der Waals surface area contributed by atoms with Crippen LogP contribution in [0.2, 0.25) is 0 Å². The summed E-state index contributed by atoms with van der Waals surface area (Å²) in [6.07, 6.45) is 3.40. The summed E-state index contributed by atoms with van der Waals surface area (Å²) >= 11 is 5.33. The Balaban J connectivity index is 1.50. The molecule has 7 heteroatoms. The highest BCUT2D eigenvalue weighted by atomic mass is 32.1. The van der Waals surface area contributed by atoms with Gasteiger partial charge in [0.2, 0.25) is 0 Å². The third-order valence-electron chi connectivity index (χ3n) is 5.06. The molecule has 32 heavy (non-hydrogen) atoms. The second-order valence-corrected chi connectivity index (χ2v) is 8.03. The van der Waals surface area contributed by atoms with Gasteiger partial charge in [-0.05, 0) is 60.1 Å². The Morgan fingerprint density at radius 2 is 1.66 bits per heavy atom. The van der Waals surface area contributed by atoms with Crippen molar-refractivity contribution < 1.29 is 4.79 Å². The summed E-state index contributed by atoms with van der Waals surface area (Å²) < 4.78 is 0. The topological polar surface area (TPSA) is 78.9 Å². The molecule has 0 spiro atoms. The molecule has 2 aromatic carbocycles. The van der Waals surface area contributed by atoms with Gasteiger partial charge in [-0.15, -0.1) is 0 Å². The lowest BCUT2D eigenvalue weighted by molar-refractivity contribution is 0.0946. The number of pyridine rings is 2. The van der Waals surface area contributed by atoms with Crippen LogP contribution in [0.4, 0.5) is 5.69 Å². The first-order chi connectivity index (χ1) is 15.5. The Morgan fingerprint density at radius 1 is 0.938 bits per heavy atom. The minimum Gasteiger partial charge on any atom is -0.331 e. The van der Waals surface area contributed by atoms with Crippen molar-refractivity contribution in [2.24, 2.45) is 0 Å². The number of thiocarbonyl (C=S) groups is 1. The van der Waals surface area contributed by atoms with E-state index in [4.69, 9.17) is 17.2 Å². The number of fused-ring (bicyclic) bond motifs is 1. The largest absolute Gasteiger partial charge is 0.331 e. The number of para-hydroxylation sites is 1. The van der Waals surface area contributed by atoms with E-state index in [9.17, 15) is 4.79 Å². The van der Waals surface area contributed by atoms with Gasteiger partial charge in [-0.2, -0.15) is 0 Å². The van der Waals surface area contributed by atoms with Crippen LogP contribution >= 0.6 is 12.2 Å². The molecule has 1 amide bonds. The number of nitrogens with one attached hydrogen (secondary N) is 3. The lowest BCUT2D eigenvalue weighted by Crippen LogP contribution is -2.43. The summed E-state index contributed by atoms with van der Waals surface area (Å²) in [6, 6.07) is 21.1. The number of aromatic nitrogens is 2. The predicted octanol–water partition coefficient (Wildman–Crippen LogP) is 5.05. The molecule has 4 aromatic rings. The number of hydrogen-bond donors (Lipinski definition) is 3. The Morgan fingerprint density at radius 3 is 2.38 bits per heavy atom. The molecule has 0 aliphatic heterocycles. The zero-order valence-corrected chi connectivity index (χ0v) is 18.6. The van der Waals surface area contributed by atoms with Crippen molar-refractivity contribution in [3.63, 3.8) is 0 Å². The summed E-state index contributed by atoms with van der Waals surface area (Å²) in [5.74, 6) is 0.152. The summed E-state index contributed by atoms with van der Waals surface area (Å²) in [5, 5.41) is 4.13. The Kier molecular flexibility index (Phi) is 6.37. The number of nitrogens with zero attached hydrogens (tertiary/aromatic N) is 2. The number of hydrogen-bond acceptors (Lipinski definition) is 4. The van der Waals surface area contributed by atoms with Crippen molar-refractivity contribution in [1.82, 2.24) is 20.8 Å². The van der Waals surface area contributed by atoms with Gasteiger partial charge >= 0.3 is 0 Å². The number of carbonyl (C=O) groups excluding carboxylic acids is 1. The zero-order chi connectivity index (χ0) is 22.5. The van der Waals surface area contributed by atoms with Crippen LogP contribution in [-0.2, 0) is 0 Å². The number of benzene rings is 2. The lowest BCUT2D eigenvalue weighted by atomic mass is 10.0. The van der Waals surface area contributed by atoms with Gasteiger partial charge in [-0.1, -0.05) is 44.2 Å². The first kappa shape index (κ1) is 21.4. The minimum atomic E-state index is -0.307. The summed E-state index contributed by atoms with van der Waals surface area (Å²) in [4.78, 5) is 21.8. The van der Waals surface area contributed by atoms with Gasteiger partial charge in [-0.3, -0.25) is 20.6 Å². The van der Waals surface area contributed by atoms with Crippen LogP contribution < -0.4 is 16.2 Å². The fraction of sp³-hybridized carbons (Fsp3) is 0.120. The van der Waals surface area contributed by atoms with E-state index in [1.165, 1.54) is 5.56 Å². The molecule has 0 aliphatic carbocycles. The van der Waals surface area contributed by atoms with Gasteiger partial charge in [0.25, 0.3) is 5.91 Å². The highest BCUT2D eigenvalue weighted by molar-refractivity contribution is 7.80. The van der Waals surface area contributed by atoms with Crippen LogP contribution in [0.3, 0.4) is 0 Å². The first-order valence-corrected chi connectivity index (χ1v) is 10.7. The maximum absolute atomic E-state index is 13.0. The minimum absolute atomic E-state index is 0.295. The molecular formula is C25H23N5OS. The van der Waals surface area contributed by atoms with E-state index >= 15 is 0 Å². The highest BCUT2D eigenvalue weighted by Gasteiger charge is 2.14. The van der Waals surface area contributed by atoms with Gasteiger partial charge < -0.3 is 5.32 Å². The third-order valence-corrected chi connectivity index (χ3v) is 5.27. The second kappa shape index (κ2) is 9.53. The Hall–Kier alpha value is -3.84. The molecule has 0 atom stereocenters. The number of anilines is 1. The fourth-order valence-corrected chi connectivity index (χ4v) is 3.50. The number of amides is 1. The highest BCUT2D eigenvalue weighted by Crippen LogP contribution is 2.24. The lowest BCUT2D eigenvalue weighted by Gasteiger charge is -2.14. The quantitative estimate of drug-likeness (QED) is 0.304. The maximum Gasteiger partial charge on any atom is 0.270 e. The van der Waals surface area contributed by atoms with Gasteiger partial charge in [0.05, 0.1) is 16.8 Å². The van der Waals surface area contributed by atoms with E-state index in [0.717, 1.165) is 22.2 Å². The van der Waals surface area contributed by atoms with Crippen molar-refractivity contribution >= 4 is 39.8 Å². The second-order valence-electron chi connectivity index (χ2n) is 7.62. The molecule has 0 radical (unpaired) electrons. The van der Waals surface area contributed by atoms with Gasteiger partial charge in [0.1, 0.15) is 0 Å². The monoisotopic (exact) mass is 441 g/mol. The van der Waals surface area contributed by atoms with Gasteiger partial charge in [0, 0.05) is 29.0 Å². The fourth-order valence-electron chi connectivity index (χ4n) is 3.33. The maximum atomic E-state index is 13.0. The van der Waals surface area contributed by atoms with Crippen molar-refractivity contribution in [2.75, 3.05) is 5.32 Å². The van der Waals surface area contributed by atoms with Crippen molar-refractivity contribution in [3.8, 4) is 11.3 Å². The average molecular weight is 442 g/mol. The van der Waals surface area contributed by atoms with Crippen LogP contribution in [0.15, 0.2) is 79.1 Å². The van der Waals surface area contributed by atoms with E-state index < -0.39 is 0 Å². The molecule has 2 aromatic heterocycles. The van der Waals surface area contributed by atoms with Crippen LogP contribution in [0.5, 0.6) is 0 Å². The molecule has 160 valence electrons. The zero-order valence-electron chi connectivity index (χ0n) is 17.8. The Labute approximate surface area is 192 Å². The molecule has 2 heterocycles. The van der Waals surface area contributed by atoms with Crippen LogP contribution in [0, 0.1) is 0 Å². The number of rotatable bonds is 4. The molecule has 0 saturated heterocycles. The summed E-state index contributed by atoms with van der Waals surface area (Å²) in [7, 11) is 0. The molecule has 0 saturated carbocycles. The summed E-state index contributed by atoms with van der Waals surface area (Å²) in [5.41, 5.74) is 10.4. The van der Waals surface area contributed by atoms with Gasteiger partial charge in [-0.25, -0.2) is 4.98 Å². The van der Waals surface area contributed by atoms with Crippen LogP contribution in [0.25, 0.3) is 22.2 Å². The van der Waals surface area contributed by atoms with Crippen molar-refractivity contribution in [2.45, 2.75) is 19.8 Å².